The normalized spacial score (nSPS) is 16.4. The molecule has 1 aromatic heterocycles. The molecule has 0 atom stereocenters. The highest BCUT2D eigenvalue weighted by Crippen LogP contribution is 2.29. The highest BCUT2D eigenvalue weighted by Gasteiger charge is 2.30. The quantitative estimate of drug-likeness (QED) is 0.664. The molecule has 0 unspecified atom stereocenters. The summed E-state index contributed by atoms with van der Waals surface area (Å²) >= 11 is 0. The molecule has 1 aliphatic heterocycles. The van der Waals surface area contributed by atoms with E-state index in [1.165, 1.54) is 22.0 Å². The molecule has 29 heavy (non-hydrogen) atoms. The molecule has 7 heteroatoms. The molecule has 0 saturated carbocycles. The number of nitrogens with zero attached hydrogens (tertiary/aromatic N) is 3. The average molecular weight is 409 g/mol. The summed E-state index contributed by atoms with van der Waals surface area (Å²) in [5.41, 5.74) is 4.80. The fourth-order valence-corrected chi connectivity index (χ4v) is 5.56. The van der Waals surface area contributed by atoms with Crippen LogP contribution in [0.2, 0.25) is 0 Å². The molecule has 0 amide bonds. The first-order chi connectivity index (χ1) is 14.0. The van der Waals surface area contributed by atoms with Crippen LogP contribution in [0.5, 0.6) is 0 Å². The molecule has 2 aromatic carbocycles. The summed E-state index contributed by atoms with van der Waals surface area (Å²) in [6.45, 7) is 0.644. The van der Waals surface area contributed by atoms with E-state index in [9.17, 15) is 12.8 Å². The van der Waals surface area contributed by atoms with Gasteiger partial charge in [-0.1, -0.05) is 6.07 Å². The molecule has 1 aliphatic carbocycles. The Morgan fingerprint density at radius 1 is 0.931 bits per heavy atom. The van der Waals surface area contributed by atoms with Crippen molar-refractivity contribution in [2.45, 2.75) is 37.1 Å². The van der Waals surface area contributed by atoms with Crippen LogP contribution in [0, 0.1) is 5.82 Å². The first kappa shape index (κ1) is 18.4. The molecule has 2 heterocycles. The molecule has 0 bridgehead atoms. The predicted molar refractivity (Wildman–Crippen MR) is 107 cm³/mol. The van der Waals surface area contributed by atoms with Gasteiger partial charge in [-0.05, 0) is 66.8 Å². The predicted octanol–water partition coefficient (Wildman–Crippen LogP) is 3.52. The lowest BCUT2D eigenvalue weighted by molar-refractivity contribution is 0.387. The van der Waals surface area contributed by atoms with Gasteiger partial charge in [-0.3, -0.25) is 0 Å². The summed E-state index contributed by atoms with van der Waals surface area (Å²) in [5, 5.41) is 0. The first-order valence-corrected chi connectivity index (χ1v) is 11.2. The molecule has 3 aromatic rings. The molecular weight excluding hydrogens is 389 g/mol. The number of aromatic nitrogens is 2. The van der Waals surface area contributed by atoms with Gasteiger partial charge in [0.1, 0.15) is 5.82 Å². The van der Waals surface area contributed by atoms with E-state index < -0.39 is 10.0 Å². The summed E-state index contributed by atoms with van der Waals surface area (Å²) < 4.78 is 41.0. The molecule has 148 valence electrons. The summed E-state index contributed by atoms with van der Waals surface area (Å²) in [6.07, 6.45) is 5.27. The van der Waals surface area contributed by atoms with Crippen molar-refractivity contribution < 1.29 is 12.8 Å². The second kappa shape index (κ2) is 7.00. The van der Waals surface area contributed by atoms with Crippen molar-refractivity contribution in [1.29, 1.82) is 0 Å². The zero-order valence-electron chi connectivity index (χ0n) is 15.8. The van der Waals surface area contributed by atoms with Crippen molar-refractivity contribution in [2.75, 3.05) is 6.54 Å². The van der Waals surface area contributed by atoms with Crippen LogP contribution in [0.4, 0.5) is 4.39 Å². The first-order valence-electron chi connectivity index (χ1n) is 9.73. The van der Waals surface area contributed by atoms with E-state index in [1.54, 1.807) is 24.4 Å². The standard InChI is InChI=1S/C22H20FN3O2S/c23-19-7-4-16(5-8-19)22-24-13-18-14-26(11-10-21(18)25-22)29(27,28)20-9-6-15-2-1-3-17(15)12-20/h4-9,12-13H,1-3,10-11,14H2. The third kappa shape index (κ3) is 3.34. The van der Waals surface area contributed by atoms with Crippen molar-refractivity contribution in [1.82, 2.24) is 14.3 Å². The zero-order valence-corrected chi connectivity index (χ0v) is 16.6. The van der Waals surface area contributed by atoms with E-state index in [2.05, 4.69) is 9.97 Å². The van der Waals surface area contributed by atoms with Crippen molar-refractivity contribution in [2.24, 2.45) is 0 Å². The third-order valence-corrected chi connectivity index (χ3v) is 7.55. The molecule has 5 nitrogen and oxygen atoms in total. The Morgan fingerprint density at radius 2 is 1.72 bits per heavy atom. The molecular formula is C22H20FN3O2S. The third-order valence-electron chi connectivity index (χ3n) is 5.71. The monoisotopic (exact) mass is 409 g/mol. The van der Waals surface area contributed by atoms with Gasteiger partial charge in [-0.15, -0.1) is 0 Å². The van der Waals surface area contributed by atoms with E-state index in [0.29, 0.717) is 23.7 Å². The number of hydrogen-bond acceptors (Lipinski definition) is 4. The van der Waals surface area contributed by atoms with Crippen LogP contribution in [0.25, 0.3) is 11.4 Å². The minimum atomic E-state index is -3.56. The maximum Gasteiger partial charge on any atom is 0.243 e. The number of hydrogen-bond donors (Lipinski definition) is 0. The van der Waals surface area contributed by atoms with Gasteiger partial charge in [0.2, 0.25) is 10.0 Å². The second-order valence-electron chi connectivity index (χ2n) is 7.55. The van der Waals surface area contributed by atoms with Gasteiger partial charge in [0.15, 0.2) is 5.82 Å². The smallest absolute Gasteiger partial charge is 0.236 e. The van der Waals surface area contributed by atoms with Gasteiger partial charge in [0, 0.05) is 36.8 Å². The van der Waals surface area contributed by atoms with E-state index in [-0.39, 0.29) is 12.4 Å². The number of sulfonamides is 1. The summed E-state index contributed by atoms with van der Waals surface area (Å²) in [5.74, 6) is 0.220. The maximum absolute atomic E-state index is 13.2. The van der Waals surface area contributed by atoms with Crippen molar-refractivity contribution in [3.63, 3.8) is 0 Å². The summed E-state index contributed by atoms with van der Waals surface area (Å²) in [7, 11) is -3.56. The van der Waals surface area contributed by atoms with Gasteiger partial charge < -0.3 is 0 Å². The Hall–Kier alpha value is -2.64. The van der Waals surface area contributed by atoms with Crippen LogP contribution < -0.4 is 0 Å². The topological polar surface area (TPSA) is 63.2 Å². The number of fused-ring (bicyclic) bond motifs is 2. The van der Waals surface area contributed by atoms with Crippen LogP contribution in [-0.4, -0.2) is 29.2 Å². The summed E-state index contributed by atoms with van der Waals surface area (Å²) in [6, 6.07) is 11.6. The SMILES string of the molecule is O=S(=O)(c1ccc2c(c1)CCC2)N1CCc2nc(-c3ccc(F)cc3)ncc2C1. The van der Waals surface area contributed by atoms with E-state index in [0.717, 1.165) is 41.6 Å². The Labute approximate surface area is 169 Å². The zero-order chi connectivity index (χ0) is 20.0. The average Bonchev–Trinajstić information content (AvgIpc) is 3.21. The highest BCUT2D eigenvalue weighted by atomic mass is 32.2. The van der Waals surface area contributed by atoms with Crippen LogP contribution in [0.1, 0.15) is 28.8 Å². The van der Waals surface area contributed by atoms with Crippen LogP contribution in [0.3, 0.4) is 0 Å². The Morgan fingerprint density at radius 3 is 2.55 bits per heavy atom. The van der Waals surface area contributed by atoms with Gasteiger partial charge in [-0.2, -0.15) is 4.31 Å². The van der Waals surface area contributed by atoms with E-state index >= 15 is 0 Å². The van der Waals surface area contributed by atoms with Crippen molar-refractivity contribution >= 4 is 10.0 Å². The van der Waals surface area contributed by atoms with E-state index in [4.69, 9.17) is 0 Å². The molecule has 0 saturated heterocycles. The molecule has 2 aliphatic rings. The lowest BCUT2D eigenvalue weighted by Crippen LogP contribution is -2.36. The fourth-order valence-electron chi connectivity index (χ4n) is 4.09. The van der Waals surface area contributed by atoms with Gasteiger partial charge in [0.25, 0.3) is 0 Å². The molecule has 0 N–H and O–H groups in total. The van der Waals surface area contributed by atoms with Crippen LogP contribution >= 0.6 is 0 Å². The lowest BCUT2D eigenvalue weighted by atomic mass is 10.1. The van der Waals surface area contributed by atoms with Crippen molar-refractivity contribution in [3.8, 4) is 11.4 Å². The van der Waals surface area contributed by atoms with Crippen molar-refractivity contribution in [3.05, 3.63) is 76.9 Å². The number of benzene rings is 2. The molecule has 0 fully saturated rings. The Kier molecular flexibility index (Phi) is 4.44. The fraction of sp³-hybridized carbons (Fsp3) is 0.273. The van der Waals surface area contributed by atoms with Gasteiger partial charge in [0.05, 0.1) is 10.6 Å². The Bertz CT molecular complexity index is 1190. The number of aryl methyl sites for hydroxylation is 2. The minimum Gasteiger partial charge on any atom is -0.236 e. The number of rotatable bonds is 3. The lowest BCUT2D eigenvalue weighted by Gasteiger charge is -2.27. The van der Waals surface area contributed by atoms with Crippen LogP contribution in [0.15, 0.2) is 53.6 Å². The largest absolute Gasteiger partial charge is 0.243 e. The molecule has 5 rings (SSSR count). The Balaban J connectivity index is 1.41. The highest BCUT2D eigenvalue weighted by molar-refractivity contribution is 7.89. The number of halogens is 1. The minimum absolute atomic E-state index is 0.262. The van der Waals surface area contributed by atoms with Gasteiger partial charge in [-0.25, -0.2) is 22.8 Å². The molecule has 0 radical (unpaired) electrons. The maximum atomic E-state index is 13.2. The van der Waals surface area contributed by atoms with E-state index in [1.807, 2.05) is 12.1 Å². The molecule has 0 spiro atoms. The summed E-state index contributed by atoms with van der Waals surface area (Å²) in [4.78, 5) is 9.33. The van der Waals surface area contributed by atoms with Gasteiger partial charge >= 0.3 is 0 Å². The van der Waals surface area contributed by atoms with Crippen LogP contribution in [-0.2, 0) is 35.8 Å². The second-order valence-corrected chi connectivity index (χ2v) is 9.48.